The van der Waals surface area contributed by atoms with Gasteiger partial charge >= 0.3 is 0 Å². The zero-order chi connectivity index (χ0) is 17.0. The number of hydrogen-bond donors (Lipinski definition) is 2. The van der Waals surface area contributed by atoms with Crippen LogP contribution < -0.4 is 10.6 Å². The molecule has 0 radical (unpaired) electrons. The van der Waals surface area contributed by atoms with E-state index in [-0.39, 0.29) is 17.9 Å². The van der Waals surface area contributed by atoms with E-state index in [0.29, 0.717) is 26.9 Å². The monoisotopic (exact) mass is 373 g/mol. The summed E-state index contributed by atoms with van der Waals surface area (Å²) in [6.45, 7) is 5.52. The molecular formula is C14H17Cl2N5OS. The van der Waals surface area contributed by atoms with Gasteiger partial charge in [-0.3, -0.25) is 10.1 Å². The Balaban J connectivity index is 2.23. The van der Waals surface area contributed by atoms with Crippen LogP contribution in [0.4, 0.5) is 11.9 Å². The lowest BCUT2D eigenvalue weighted by Crippen LogP contribution is -2.17. The van der Waals surface area contributed by atoms with Crippen molar-refractivity contribution in [3.05, 3.63) is 26.1 Å². The molecule has 0 bridgehead atoms. The molecule has 0 saturated carbocycles. The largest absolute Gasteiger partial charge is 0.347 e. The smallest absolute Gasteiger partial charge is 0.234 e. The van der Waals surface area contributed by atoms with Crippen molar-refractivity contribution in [3.63, 3.8) is 0 Å². The molecule has 2 rings (SSSR count). The zero-order valence-electron chi connectivity index (χ0n) is 13.0. The van der Waals surface area contributed by atoms with Crippen LogP contribution >= 0.6 is 34.5 Å². The first-order valence-corrected chi connectivity index (χ1v) is 8.74. The Bertz CT molecular complexity index is 706. The third kappa shape index (κ3) is 4.76. The maximum atomic E-state index is 11.5. The molecule has 9 heteroatoms. The van der Waals surface area contributed by atoms with E-state index in [1.54, 1.807) is 13.8 Å². The maximum absolute atomic E-state index is 11.5. The van der Waals surface area contributed by atoms with E-state index < -0.39 is 0 Å². The molecule has 6 nitrogen and oxygen atoms in total. The molecule has 2 heterocycles. The predicted octanol–water partition coefficient (Wildman–Crippen LogP) is 4.46. The Morgan fingerprint density at radius 2 is 1.96 bits per heavy atom. The number of hydrogen-bond acceptors (Lipinski definition) is 6. The molecule has 0 fully saturated rings. The van der Waals surface area contributed by atoms with Crippen molar-refractivity contribution in [2.24, 2.45) is 0 Å². The Kier molecular flexibility index (Phi) is 6.15. The lowest BCUT2D eigenvalue weighted by Gasteiger charge is -2.17. The number of carbonyl (C=O) groups excluding carboxylic acids is 1. The van der Waals surface area contributed by atoms with Gasteiger partial charge in [-0.15, -0.1) is 11.3 Å². The summed E-state index contributed by atoms with van der Waals surface area (Å²) in [6, 6.07) is 1.76. The minimum Gasteiger partial charge on any atom is -0.347 e. The van der Waals surface area contributed by atoms with E-state index in [9.17, 15) is 4.79 Å². The second-order valence-electron chi connectivity index (χ2n) is 4.82. The molecule has 0 saturated heterocycles. The van der Waals surface area contributed by atoms with E-state index in [0.717, 1.165) is 12.0 Å². The second-order valence-corrected chi connectivity index (χ2v) is 7.10. The molecule has 2 aromatic heterocycles. The topological polar surface area (TPSA) is 79.8 Å². The summed E-state index contributed by atoms with van der Waals surface area (Å²) in [6.07, 6.45) is 1.13. The minimum atomic E-state index is -0.152. The lowest BCUT2D eigenvalue weighted by atomic mass is 10.1. The molecule has 0 aliphatic carbocycles. The summed E-state index contributed by atoms with van der Waals surface area (Å²) in [5.74, 6) is 0.977. The third-order valence-electron chi connectivity index (χ3n) is 3.09. The Morgan fingerprint density at radius 1 is 1.26 bits per heavy atom. The number of thiophene rings is 1. The van der Waals surface area contributed by atoms with Gasteiger partial charge in [-0.2, -0.15) is 15.0 Å². The van der Waals surface area contributed by atoms with Gasteiger partial charge in [0.15, 0.2) is 0 Å². The molecule has 2 aromatic rings. The van der Waals surface area contributed by atoms with Crippen LogP contribution in [0.25, 0.3) is 0 Å². The van der Waals surface area contributed by atoms with Crippen molar-refractivity contribution in [2.75, 3.05) is 10.6 Å². The Labute approximate surface area is 148 Å². The highest BCUT2D eigenvalue weighted by molar-refractivity contribution is 7.20. The molecule has 1 amide bonds. The average molecular weight is 374 g/mol. The third-order valence-corrected chi connectivity index (χ3v) is 4.61. The van der Waals surface area contributed by atoms with Gasteiger partial charge in [-0.25, -0.2) is 0 Å². The number of nitrogens with zero attached hydrogens (tertiary/aromatic N) is 3. The van der Waals surface area contributed by atoms with E-state index in [4.69, 9.17) is 23.2 Å². The van der Waals surface area contributed by atoms with Crippen LogP contribution in [0.2, 0.25) is 8.67 Å². The van der Waals surface area contributed by atoms with Crippen LogP contribution in [0, 0.1) is 6.92 Å². The second kappa shape index (κ2) is 7.90. The Morgan fingerprint density at radius 3 is 2.52 bits per heavy atom. The highest BCUT2D eigenvalue weighted by Crippen LogP contribution is 2.37. The fourth-order valence-electron chi connectivity index (χ4n) is 1.96. The van der Waals surface area contributed by atoms with E-state index in [1.807, 2.05) is 13.0 Å². The van der Waals surface area contributed by atoms with Crippen LogP contribution in [0.5, 0.6) is 0 Å². The van der Waals surface area contributed by atoms with E-state index in [2.05, 4.69) is 25.6 Å². The van der Waals surface area contributed by atoms with Crippen molar-refractivity contribution < 1.29 is 4.79 Å². The number of halogens is 2. The first-order chi connectivity index (χ1) is 10.9. The summed E-state index contributed by atoms with van der Waals surface area (Å²) >= 11 is 13.6. The molecule has 1 atom stereocenters. The average Bonchev–Trinajstić information content (AvgIpc) is 2.82. The highest BCUT2D eigenvalue weighted by atomic mass is 35.5. The fraction of sp³-hybridized carbons (Fsp3) is 0.429. The maximum Gasteiger partial charge on any atom is 0.234 e. The number of rotatable bonds is 6. The van der Waals surface area contributed by atoms with Gasteiger partial charge in [0.05, 0.1) is 14.7 Å². The van der Waals surface area contributed by atoms with Gasteiger partial charge < -0.3 is 5.32 Å². The van der Waals surface area contributed by atoms with Gasteiger partial charge in [-0.1, -0.05) is 37.0 Å². The van der Waals surface area contributed by atoms with Crippen LogP contribution in [0.15, 0.2) is 6.07 Å². The van der Waals surface area contributed by atoms with Gasteiger partial charge in [0, 0.05) is 12.0 Å². The van der Waals surface area contributed by atoms with Gasteiger partial charge in [0.1, 0.15) is 5.82 Å². The van der Waals surface area contributed by atoms with Crippen molar-refractivity contribution in [1.29, 1.82) is 0 Å². The molecule has 124 valence electrons. The van der Waals surface area contributed by atoms with Crippen LogP contribution in [0.3, 0.4) is 0 Å². The molecule has 0 aliphatic heterocycles. The molecule has 2 N–H and O–H groups in total. The highest BCUT2D eigenvalue weighted by Gasteiger charge is 2.18. The standard InChI is InChI=1S/C14H17Cl2N5OS/c1-4-9(8-6-10(15)23-12(8)16)19-13-17-7(3)18-14(21-13)20-11(22)5-2/h6,9H,4-5H2,1-3H3,(H2,17,18,19,20,21,22). The Hall–Kier alpha value is -1.44. The van der Waals surface area contributed by atoms with Crippen LogP contribution in [-0.2, 0) is 4.79 Å². The van der Waals surface area contributed by atoms with Crippen molar-refractivity contribution >= 4 is 52.3 Å². The quantitative estimate of drug-likeness (QED) is 0.780. The molecule has 0 aromatic carbocycles. The van der Waals surface area contributed by atoms with Crippen LogP contribution in [0.1, 0.15) is 44.1 Å². The number of aryl methyl sites for hydroxylation is 1. The number of amides is 1. The van der Waals surface area contributed by atoms with Gasteiger partial charge in [-0.05, 0) is 19.4 Å². The SMILES string of the molecule is CCC(=O)Nc1nc(C)nc(NC(CC)c2cc(Cl)sc2Cl)n1. The minimum absolute atomic E-state index is 0.0808. The summed E-state index contributed by atoms with van der Waals surface area (Å²) in [5.41, 5.74) is 0.904. The van der Waals surface area contributed by atoms with Crippen molar-refractivity contribution in [2.45, 2.75) is 39.7 Å². The number of aromatic nitrogens is 3. The van der Waals surface area contributed by atoms with Gasteiger partial charge in [0.25, 0.3) is 0 Å². The van der Waals surface area contributed by atoms with Crippen molar-refractivity contribution in [3.8, 4) is 0 Å². The normalized spacial score (nSPS) is 12.0. The summed E-state index contributed by atoms with van der Waals surface area (Å²) < 4.78 is 1.27. The van der Waals surface area contributed by atoms with Gasteiger partial charge in [0.2, 0.25) is 17.8 Å². The number of anilines is 2. The molecular weight excluding hydrogens is 357 g/mol. The van der Waals surface area contributed by atoms with E-state index >= 15 is 0 Å². The summed E-state index contributed by atoms with van der Waals surface area (Å²) in [7, 11) is 0. The predicted molar refractivity (Wildman–Crippen MR) is 94.5 cm³/mol. The zero-order valence-corrected chi connectivity index (χ0v) is 15.3. The molecule has 23 heavy (non-hydrogen) atoms. The summed E-state index contributed by atoms with van der Waals surface area (Å²) in [5, 5.41) is 5.85. The fourth-order valence-corrected chi connectivity index (χ4v) is 3.54. The molecule has 0 aliphatic rings. The molecule has 0 spiro atoms. The number of nitrogens with one attached hydrogen (secondary N) is 2. The van der Waals surface area contributed by atoms with Crippen molar-refractivity contribution in [1.82, 2.24) is 15.0 Å². The number of carbonyl (C=O) groups is 1. The molecule has 1 unspecified atom stereocenters. The lowest BCUT2D eigenvalue weighted by molar-refractivity contribution is -0.115. The first kappa shape index (κ1) is 17.9. The summed E-state index contributed by atoms with van der Waals surface area (Å²) in [4.78, 5) is 24.1. The first-order valence-electron chi connectivity index (χ1n) is 7.16. The van der Waals surface area contributed by atoms with E-state index in [1.165, 1.54) is 11.3 Å². The van der Waals surface area contributed by atoms with Crippen LogP contribution in [-0.4, -0.2) is 20.9 Å².